The van der Waals surface area contributed by atoms with Gasteiger partial charge in [0.2, 0.25) is 6.10 Å². The van der Waals surface area contributed by atoms with Crippen LogP contribution in [0.5, 0.6) is 0 Å². The SMILES string of the molecule is NC(=O)[C@H](OC(=O)[C@@H]1C[C@@H]1c1ccc(F)cc1)c1ccccc1. The zero-order chi connectivity index (χ0) is 16.4. The minimum Gasteiger partial charge on any atom is -0.447 e. The molecule has 0 heterocycles. The maximum absolute atomic E-state index is 12.9. The maximum Gasteiger partial charge on any atom is 0.310 e. The summed E-state index contributed by atoms with van der Waals surface area (Å²) in [4.78, 5) is 23.8. The van der Waals surface area contributed by atoms with Crippen LogP contribution >= 0.6 is 0 Å². The van der Waals surface area contributed by atoms with Crippen LogP contribution in [0.1, 0.15) is 29.6 Å². The number of hydrogen-bond acceptors (Lipinski definition) is 3. The molecular weight excluding hydrogens is 297 g/mol. The number of hydrogen-bond donors (Lipinski definition) is 1. The van der Waals surface area contributed by atoms with Crippen molar-refractivity contribution in [3.05, 3.63) is 71.5 Å². The van der Waals surface area contributed by atoms with Crippen LogP contribution in [0.3, 0.4) is 0 Å². The van der Waals surface area contributed by atoms with Crippen molar-refractivity contribution in [3.8, 4) is 0 Å². The maximum atomic E-state index is 12.9. The Labute approximate surface area is 133 Å². The molecule has 1 fully saturated rings. The van der Waals surface area contributed by atoms with Crippen LogP contribution in [0.2, 0.25) is 0 Å². The van der Waals surface area contributed by atoms with Crippen LogP contribution in [-0.2, 0) is 14.3 Å². The third-order valence-electron chi connectivity index (χ3n) is 3.99. The van der Waals surface area contributed by atoms with Crippen LogP contribution in [0.25, 0.3) is 0 Å². The first kappa shape index (κ1) is 15.2. The zero-order valence-corrected chi connectivity index (χ0v) is 12.3. The molecule has 3 atom stereocenters. The topological polar surface area (TPSA) is 69.4 Å². The molecule has 0 aromatic heterocycles. The highest BCUT2D eigenvalue weighted by atomic mass is 19.1. The van der Waals surface area contributed by atoms with Gasteiger partial charge in [0.25, 0.3) is 5.91 Å². The van der Waals surface area contributed by atoms with Gasteiger partial charge in [-0.2, -0.15) is 0 Å². The number of primary amides is 1. The molecule has 0 bridgehead atoms. The molecule has 1 aliphatic carbocycles. The molecule has 0 unspecified atom stereocenters. The molecule has 1 aliphatic rings. The van der Waals surface area contributed by atoms with Crippen molar-refractivity contribution in [2.45, 2.75) is 18.4 Å². The third kappa shape index (κ3) is 3.39. The minimum absolute atomic E-state index is 0.00685. The fourth-order valence-corrected chi connectivity index (χ4v) is 2.66. The van der Waals surface area contributed by atoms with Gasteiger partial charge in [0, 0.05) is 5.56 Å². The molecule has 5 heteroatoms. The molecule has 23 heavy (non-hydrogen) atoms. The van der Waals surface area contributed by atoms with E-state index in [1.54, 1.807) is 42.5 Å². The van der Waals surface area contributed by atoms with Crippen LogP contribution in [0.4, 0.5) is 4.39 Å². The normalized spacial score (nSPS) is 20.6. The Morgan fingerprint density at radius 3 is 2.35 bits per heavy atom. The predicted octanol–water partition coefficient (Wildman–Crippen LogP) is 2.70. The summed E-state index contributed by atoms with van der Waals surface area (Å²) in [6.45, 7) is 0. The van der Waals surface area contributed by atoms with Crippen molar-refractivity contribution in [1.29, 1.82) is 0 Å². The zero-order valence-electron chi connectivity index (χ0n) is 12.3. The van der Waals surface area contributed by atoms with Crippen LogP contribution < -0.4 is 5.73 Å². The highest BCUT2D eigenvalue weighted by Gasteiger charge is 2.46. The van der Waals surface area contributed by atoms with Crippen molar-refractivity contribution in [2.24, 2.45) is 11.7 Å². The minimum atomic E-state index is -1.09. The molecule has 118 valence electrons. The Balaban J connectivity index is 1.67. The van der Waals surface area contributed by atoms with Gasteiger partial charge in [0.05, 0.1) is 5.92 Å². The highest BCUT2D eigenvalue weighted by molar-refractivity contribution is 5.85. The molecule has 0 radical (unpaired) electrons. The Kier molecular flexibility index (Phi) is 4.10. The predicted molar refractivity (Wildman–Crippen MR) is 81.7 cm³/mol. The molecule has 1 saturated carbocycles. The molecule has 3 rings (SSSR count). The quantitative estimate of drug-likeness (QED) is 0.863. The number of esters is 1. The number of carbonyl (C=O) groups excluding carboxylic acids is 2. The van der Waals surface area contributed by atoms with Gasteiger partial charge in [-0.05, 0) is 30.0 Å². The number of carbonyl (C=O) groups is 2. The lowest BCUT2D eigenvalue weighted by Gasteiger charge is -2.15. The number of rotatable bonds is 5. The fraction of sp³-hybridized carbons (Fsp3) is 0.222. The largest absolute Gasteiger partial charge is 0.447 e. The van der Waals surface area contributed by atoms with Gasteiger partial charge in [-0.1, -0.05) is 42.5 Å². The van der Waals surface area contributed by atoms with Gasteiger partial charge in [-0.3, -0.25) is 9.59 Å². The van der Waals surface area contributed by atoms with Gasteiger partial charge in [-0.15, -0.1) is 0 Å². The van der Waals surface area contributed by atoms with Gasteiger partial charge in [-0.25, -0.2) is 4.39 Å². The number of benzene rings is 2. The molecule has 0 aliphatic heterocycles. The first-order chi connectivity index (χ1) is 11.1. The Bertz CT molecular complexity index is 715. The average Bonchev–Trinajstić information content (AvgIpc) is 3.34. The van der Waals surface area contributed by atoms with Crippen LogP contribution in [-0.4, -0.2) is 11.9 Å². The fourth-order valence-electron chi connectivity index (χ4n) is 2.66. The lowest BCUT2D eigenvalue weighted by Crippen LogP contribution is -2.26. The van der Waals surface area contributed by atoms with E-state index in [0.29, 0.717) is 12.0 Å². The van der Waals surface area contributed by atoms with Crippen molar-refractivity contribution in [3.63, 3.8) is 0 Å². The van der Waals surface area contributed by atoms with Gasteiger partial charge < -0.3 is 10.5 Å². The second-order valence-corrected chi connectivity index (χ2v) is 5.63. The summed E-state index contributed by atoms with van der Waals surface area (Å²) in [5.74, 6) is -1.78. The van der Waals surface area contributed by atoms with Crippen molar-refractivity contribution in [1.82, 2.24) is 0 Å². The van der Waals surface area contributed by atoms with E-state index in [1.807, 2.05) is 0 Å². The lowest BCUT2D eigenvalue weighted by atomic mass is 10.1. The Morgan fingerprint density at radius 2 is 1.74 bits per heavy atom. The summed E-state index contributed by atoms with van der Waals surface area (Å²) in [6.07, 6.45) is -0.455. The summed E-state index contributed by atoms with van der Waals surface area (Å²) >= 11 is 0. The smallest absolute Gasteiger partial charge is 0.310 e. The highest BCUT2D eigenvalue weighted by Crippen LogP contribution is 2.48. The first-order valence-electron chi connectivity index (χ1n) is 7.36. The van der Waals surface area contributed by atoms with E-state index in [-0.39, 0.29) is 17.7 Å². The third-order valence-corrected chi connectivity index (χ3v) is 3.99. The number of amides is 1. The van der Waals surface area contributed by atoms with E-state index < -0.39 is 18.0 Å². The van der Waals surface area contributed by atoms with E-state index in [4.69, 9.17) is 10.5 Å². The van der Waals surface area contributed by atoms with Crippen molar-refractivity contribution in [2.75, 3.05) is 0 Å². The molecule has 0 saturated heterocycles. The van der Waals surface area contributed by atoms with Gasteiger partial charge >= 0.3 is 5.97 Å². The summed E-state index contributed by atoms with van der Waals surface area (Å²) < 4.78 is 18.2. The second kappa shape index (κ2) is 6.20. The molecule has 2 aromatic rings. The standard InChI is InChI=1S/C18H16FNO3/c19-13-8-6-11(7-9-13)14-10-15(14)18(22)23-16(17(20)21)12-4-2-1-3-5-12/h1-9,14-16H,10H2,(H2,20,21)/t14-,15-,16-/m1/s1. The molecule has 0 spiro atoms. The number of nitrogens with two attached hydrogens (primary N) is 1. The van der Waals surface area contributed by atoms with Crippen molar-refractivity contribution >= 4 is 11.9 Å². The molecule has 4 nitrogen and oxygen atoms in total. The average molecular weight is 313 g/mol. The van der Waals surface area contributed by atoms with Crippen LogP contribution in [0.15, 0.2) is 54.6 Å². The van der Waals surface area contributed by atoms with Gasteiger partial charge in [0.1, 0.15) is 5.82 Å². The van der Waals surface area contributed by atoms with E-state index in [1.165, 1.54) is 12.1 Å². The Hall–Kier alpha value is -2.69. The summed E-state index contributed by atoms with van der Waals surface area (Å²) in [5, 5.41) is 0. The number of ether oxygens (including phenoxy) is 1. The summed E-state index contributed by atoms with van der Waals surface area (Å²) in [5.41, 5.74) is 6.78. The van der Waals surface area contributed by atoms with E-state index in [2.05, 4.69) is 0 Å². The Morgan fingerprint density at radius 1 is 1.09 bits per heavy atom. The van der Waals surface area contributed by atoms with Gasteiger partial charge in [0.15, 0.2) is 0 Å². The van der Waals surface area contributed by atoms with E-state index in [0.717, 1.165) is 5.56 Å². The summed E-state index contributed by atoms with van der Waals surface area (Å²) in [6, 6.07) is 14.7. The van der Waals surface area contributed by atoms with E-state index >= 15 is 0 Å². The molecule has 2 aromatic carbocycles. The molecular formula is C18H16FNO3. The summed E-state index contributed by atoms with van der Waals surface area (Å²) in [7, 11) is 0. The van der Waals surface area contributed by atoms with Crippen LogP contribution in [0, 0.1) is 11.7 Å². The monoisotopic (exact) mass is 313 g/mol. The first-order valence-corrected chi connectivity index (χ1v) is 7.36. The van der Waals surface area contributed by atoms with E-state index in [9.17, 15) is 14.0 Å². The van der Waals surface area contributed by atoms with Crippen molar-refractivity contribution < 1.29 is 18.7 Å². The number of halogens is 1. The molecule has 2 N–H and O–H groups in total. The molecule has 1 amide bonds. The second-order valence-electron chi connectivity index (χ2n) is 5.63. The lowest BCUT2D eigenvalue weighted by molar-refractivity contribution is -0.156.